The van der Waals surface area contributed by atoms with Gasteiger partial charge in [0.05, 0.1) is 25.6 Å². The molecule has 0 spiro atoms. The van der Waals surface area contributed by atoms with Gasteiger partial charge in [0.15, 0.2) is 0 Å². The van der Waals surface area contributed by atoms with E-state index in [1.54, 1.807) is 0 Å². The van der Waals surface area contributed by atoms with Gasteiger partial charge in [-0.1, -0.05) is 77.6 Å². The van der Waals surface area contributed by atoms with E-state index in [0.717, 1.165) is 19.3 Å². The van der Waals surface area contributed by atoms with Gasteiger partial charge in [0.25, 0.3) is 0 Å². The Kier molecular flexibility index (Phi) is 19.7. The molecule has 0 saturated carbocycles. The molecule has 1 unspecified atom stereocenters. The Morgan fingerprint density at radius 1 is 0.750 bits per heavy atom. The van der Waals surface area contributed by atoms with Crippen molar-refractivity contribution in [2.24, 2.45) is 0 Å². The highest BCUT2D eigenvalue weighted by molar-refractivity contribution is 5.77. The average Bonchev–Trinajstić information content (AvgIpc) is 2.71. The number of esters is 1. The third kappa shape index (κ3) is 18.2. The zero-order chi connectivity index (χ0) is 20.9. The minimum atomic E-state index is -1.04. The molecule has 0 N–H and O–H groups in total. The van der Waals surface area contributed by atoms with Crippen molar-refractivity contribution in [3.63, 3.8) is 0 Å². The van der Waals surface area contributed by atoms with E-state index in [9.17, 15) is 14.1 Å². The third-order valence-corrected chi connectivity index (χ3v) is 5.02. The van der Waals surface area contributed by atoms with Crippen molar-refractivity contribution in [2.75, 3.05) is 13.7 Å². The van der Waals surface area contributed by atoms with Crippen LogP contribution in [-0.4, -0.2) is 31.8 Å². The van der Waals surface area contributed by atoms with Crippen molar-refractivity contribution < 1.29 is 28.5 Å². The van der Waals surface area contributed by atoms with Gasteiger partial charge in [-0.05, 0) is 19.3 Å². The summed E-state index contributed by atoms with van der Waals surface area (Å²) < 4.78 is 22.1. The van der Waals surface area contributed by atoms with Gasteiger partial charge in [-0.2, -0.15) is 0 Å². The summed E-state index contributed by atoms with van der Waals surface area (Å²) in [4.78, 5) is 24.8. The number of methoxy groups -OCH3 is 1. The molecular formula is C22H41FO5. The highest BCUT2D eigenvalue weighted by atomic mass is 19.3. The number of ether oxygens (including phenoxy) is 2. The molecule has 0 aliphatic carbocycles. The van der Waals surface area contributed by atoms with Crippen LogP contribution < -0.4 is 0 Å². The van der Waals surface area contributed by atoms with Crippen LogP contribution in [0.5, 0.6) is 0 Å². The molecule has 0 radical (unpaired) electrons. The van der Waals surface area contributed by atoms with Gasteiger partial charge in [0.2, 0.25) is 0 Å². The number of carbonyl (C=O) groups excluding carboxylic acids is 2. The maximum absolute atomic E-state index is 11.5. The second-order valence-electron chi connectivity index (χ2n) is 7.49. The van der Waals surface area contributed by atoms with Crippen LogP contribution in [-0.2, 0) is 24.0 Å². The highest BCUT2D eigenvalue weighted by Crippen LogP contribution is 2.16. The molecular weight excluding hydrogens is 363 g/mol. The zero-order valence-electron chi connectivity index (χ0n) is 18.0. The Morgan fingerprint density at radius 2 is 1.25 bits per heavy atom. The highest BCUT2D eigenvalue weighted by Gasteiger charge is 2.09. The Labute approximate surface area is 170 Å². The Balaban J connectivity index is 3.34. The number of carbonyl (C=O) groups is 2. The Morgan fingerprint density at radius 3 is 1.79 bits per heavy atom. The fraction of sp³-hybridized carbons (Fsp3) is 0.909. The van der Waals surface area contributed by atoms with Gasteiger partial charge >= 0.3 is 11.9 Å². The number of unbranched alkanes of at least 4 members (excludes halogenated alkanes) is 10. The number of hydrogen-bond donors (Lipinski definition) is 0. The first-order valence-electron chi connectivity index (χ1n) is 11.1. The molecule has 0 aromatic rings. The molecule has 0 amide bonds. The van der Waals surface area contributed by atoms with Crippen LogP contribution in [0.2, 0.25) is 0 Å². The monoisotopic (exact) mass is 404 g/mol. The topological polar surface area (TPSA) is 61.8 Å². The molecule has 6 heteroatoms. The van der Waals surface area contributed by atoms with Gasteiger partial charge in [-0.3, -0.25) is 9.74 Å². The smallest absolute Gasteiger partial charge is 0.349 e. The maximum Gasteiger partial charge on any atom is 0.349 e. The van der Waals surface area contributed by atoms with Crippen LogP contribution in [0.25, 0.3) is 0 Å². The molecule has 0 aromatic carbocycles. The Bertz CT molecular complexity index is 376. The summed E-state index contributed by atoms with van der Waals surface area (Å²) in [7, 11) is 1.83. The van der Waals surface area contributed by atoms with E-state index in [1.165, 1.54) is 70.6 Å². The van der Waals surface area contributed by atoms with E-state index in [-0.39, 0.29) is 12.8 Å². The molecule has 0 bridgehead atoms. The predicted octanol–water partition coefficient (Wildman–Crippen LogP) is 6.23. The van der Waals surface area contributed by atoms with Crippen molar-refractivity contribution >= 4 is 11.9 Å². The average molecular weight is 405 g/mol. The van der Waals surface area contributed by atoms with E-state index in [4.69, 9.17) is 9.47 Å². The fourth-order valence-corrected chi connectivity index (χ4v) is 3.21. The molecule has 0 aliphatic heterocycles. The second-order valence-corrected chi connectivity index (χ2v) is 7.49. The first kappa shape index (κ1) is 26.8. The van der Waals surface area contributed by atoms with Crippen LogP contribution in [0.15, 0.2) is 0 Å². The first-order chi connectivity index (χ1) is 13.6. The van der Waals surface area contributed by atoms with Gasteiger partial charge in [-0.15, -0.1) is 0 Å². The second kappa shape index (κ2) is 20.6. The van der Waals surface area contributed by atoms with Gasteiger partial charge in [0, 0.05) is 11.6 Å². The van der Waals surface area contributed by atoms with Gasteiger partial charge in [0.1, 0.15) is 0 Å². The van der Waals surface area contributed by atoms with Crippen molar-refractivity contribution in [3.8, 4) is 0 Å². The number of rotatable bonds is 20. The molecule has 5 nitrogen and oxygen atoms in total. The molecule has 0 rings (SSSR count). The normalized spacial score (nSPS) is 12.0. The molecule has 166 valence electrons. The summed E-state index contributed by atoms with van der Waals surface area (Å²) in [6, 6.07) is 0. The number of hydrogen-bond acceptors (Lipinski definition) is 5. The van der Waals surface area contributed by atoms with E-state index in [2.05, 4.69) is 11.9 Å². The molecule has 0 saturated heterocycles. The van der Waals surface area contributed by atoms with Crippen molar-refractivity contribution in [2.45, 2.75) is 116 Å². The van der Waals surface area contributed by atoms with E-state index < -0.39 is 11.9 Å². The third-order valence-electron chi connectivity index (χ3n) is 5.02. The van der Waals surface area contributed by atoms with Crippen molar-refractivity contribution in [3.05, 3.63) is 0 Å². The molecule has 0 aromatic heterocycles. The maximum atomic E-state index is 11.5. The lowest BCUT2D eigenvalue weighted by atomic mass is 10.0. The van der Waals surface area contributed by atoms with Gasteiger partial charge in [-0.25, -0.2) is 4.79 Å². The summed E-state index contributed by atoms with van der Waals surface area (Å²) >= 11 is 0. The Hall–Kier alpha value is -1.17. The van der Waals surface area contributed by atoms with Crippen LogP contribution in [0, 0.1) is 0 Å². The summed E-state index contributed by atoms with van der Waals surface area (Å²) in [6.07, 6.45) is 16.9. The quantitative estimate of drug-likeness (QED) is 0.178. The molecule has 0 heterocycles. The van der Waals surface area contributed by atoms with E-state index in [1.807, 2.05) is 7.11 Å². The molecule has 0 fully saturated rings. The van der Waals surface area contributed by atoms with E-state index >= 15 is 0 Å². The minimum absolute atomic E-state index is 0.134. The molecule has 28 heavy (non-hydrogen) atoms. The summed E-state index contributed by atoms with van der Waals surface area (Å²) in [5.41, 5.74) is 0. The van der Waals surface area contributed by atoms with Crippen molar-refractivity contribution in [1.82, 2.24) is 0 Å². The number of halogens is 1. The molecule has 0 aliphatic rings. The van der Waals surface area contributed by atoms with Crippen LogP contribution in [0.1, 0.15) is 110 Å². The minimum Gasteiger partial charge on any atom is -0.466 e. The summed E-state index contributed by atoms with van der Waals surface area (Å²) in [5.74, 6) is -1.52. The van der Waals surface area contributed by atoms with Crippen LogP contribution in [0.4, 0.5) is 4.53 Å². The largest absolute Gasteiger partial charge is 0.466 e. The summed E-state index contributed by atoms with van der Waals surface area (Å²) in [6.45, 7) is 2.60. The summed E-state index contributed by atoms with van der Waals surface area (Å²) in [5, 5.41) is 0. The fourth-order valence-electron chi connectivity index (χ4n) is 3.21. The SMILES string of the molecule is CCCCCCC(CCCCCCCCCCOC(=O)CCC(=O)OF)OC. The van der Waals surface area contributed by atoms with Crippen molar-refractivity contribution in [1.29, 1.82) is 0 Å². The first-order valence-corrected chi connectivity index (χ1v) is 11.1. The van der Waals surface area contributed by atoms with Crippen LogP contribution >= 0.6 is 0 Å². The molecule has 1 atom stereocenters. The zero-order valence-corrected chi connectivity index (χ0v) is 18.0. The predicted molar refractivity (Wildman–Crippen MR) is 109 cm³/mol. The lowest BCUT2D eigenvalue weighted by Crippen LogP contribution is -2.10. The lowest BCUT2D eigenvalue weighted by Gasteiger charge is -2.15. The van der Waals surface area contributed by atoms with Crippen LogP contribution in [0.3, 0.4) is 0 Å². The van der Waals surface area contributed by atoms with E-state index in [0.29, 0.717) is 12.7 Å². The van der Waals surface area contributed by atoms with Gasteiger partial charge < -0.3 is 9.47 Å². The lowest BCUT2D eigenvalue weighted by molar-refractivity contribution is -0.184. The standard InChI is InChI=1S/C22H41FO5/c1-3-4-5-12-15-20(26-2)16-13-10-8-6-7-9-11-14-19-27-21(24)17-18-22(25)28-23/h20H,3-19H2,1-2H3.